The molecule has 0 spiro atoms. The summed E-state index contributed by atoms with van der Waals surface area (Å²) in [5, 5.41) is 10.0. The lowest BCUT2D eigenvalue weighted by atomic mass is 10.2. The summed E-state index contributed by atoms with van der Waals surface area (Å²) in [6, 6.07) is 1.49. The van der Waals surface area contributed by atoms with Gasteiger partial charge in [-0.15, -0.1) is 0 Å². The van der Waals surface area contributed by atoms with E-state index in [2.05, 4.69) is 5.10 Å². The third-order valence-corrected chi connectivity index (χ3v) is 1.77. The lowest BCUT2D eigenvalue weighted by Crippen LogP contribution is -2.19. The van der Waals surface area contributed by atoms with Gasteiger partial charge in [-0.2, -0.15) is 0 Å². The lowest BCUT2D eigenvalue weighted by molar-refractivity contribution is 0.471. The van der Waals surface area contributed by atoms with Gasteiger partial charge in [0.25, 0.3) is 5.56 Å². The van der Waals surface area contributed by atoms with Crippen molar-refractivity contribution in [3.8, 4) is 0 Å². The van der Waals surface area contributed by atoms with Crippen molar-refractivity contribution in [1.29, 1.82) is 5.41 Å². The van der Waals surface area contributed by atoms with Crippen LogP contribution in [0, 0.1) is 11.3 Å². The van der Waals surface area contributed by atoms with E-state index in [1.807, 2.05) is 13.8 Å². The number of rotatable bonds is 4. The Hall–Kier alpha value is -1.52. The molecule has 0 saturated carbocycles. The van der Waals surface area contributed by atoms with Crippen molar-refractivity contribution in [2.45, 2.75) is 26.8 Å². The van der Waals surface area contributed by atoms with Crippen LogP contribution < -0.4 is 11.3 Å². The normalized spacial score (nSPS) is 10.8. The van der Waals surface area contributed by atoms with Crippen LogP contribution >= 0.6 is 0 Å². The van der Waals surface area contributed by atoms with Gasteiger partial charge in [-0.25, -0.2) is 0 Å². The first-order valence-corrected chi connectivity index (χ1v) is 4.60. The van der Waals surface area contributed by atoms with Crippen molar-refractivity contribution < 1.29 is 0 Å². The van der Waals surface area contributed by atoms with E-state index in [-0.39, 0.29) is 11.4 Å². The summed E-state index contributed by atoms with van der Waals surface area (Å²) in [5.74, 6) is 0.472. The van der Waals surface area contributed by atoms with Gasteiger partial charge in [0.15, 0.2) is 0 Å². The van der Waals surface area contributed by atoms with Crippen molar-refractivity contribution in [3.63, 3.8) is 0 Å². The van der Waals surface area contributed by atoms with E-state index >= 15 is 0 Å². The quantitative estimate of drug-likeness (QED) is 0.478. The average molecular weight is 196 g/mol. The average Bonchev–Trinajstić information content (AvgIpc) is 2.28. The Labute approximate surface area is 82.4 Å². The number of nitrogens with zero attached hydrogens (tertiary/aromatic N) is 1. The molecule has 0 aliphatic rings. The van der Waals surface area contributed by atoms with Crippen LogP contribution in [-0.4, -0.2) is 15.6 Å². The van der Waals surface area contributed by atoms with Crippen LogP contribution in [0.3, 0.4) is 0 Å². The summed E-state index contributed by atoms with van der Waals surface area (Å²) in [6.45, 7) is 4.74. The Balaban J connectivity index is 2.82. The van der Waals surface area contributed by atoms with Crippen LogP contribution in [0.4, 0.5) is 0 Å². The number of nitrogens with one attached hydrogen (secondary N) is 2. The van der Waals surface area contributed by atoms with Crippen LogP contribution in [0.5, 0.6) is 0 Å². The molecular formula is C9H16N4O. The van der Waals surface area contributed by atoms with E-state index in [1.54, 1.807) is 4.68 Å². The first kappa shape index (κ1) is 10.6. The van der Waals surface area contributed by atoms with Gasteiger partial charge in [0, 0.05) is 24.7 Å². The summed E-state index contributed by atoms with van der Waals surface area (Å²) in [6.07, 6.45) is 0.306. The van der Waals surface area contributed by atoms with Crippen molar-refractivity contribution in [1.82, 2.24) is 9.78 Å². The molecule has 14 heavy (non-hydrogen) atoms. The summed E-state index contributed by atoms with van der Waals surface area (Å²) in [7, 11) is 0. The number of amidine groups is 1. The highest BCUT2D eigenvalue weighted by Gasteiger charge is 2.05. The van der Waals surface area contributed by atoms with E-state index in [0.717, 1.165) is 0 Å². The van der Waals surface area contributed by atoms with Crippen LogP contribution in [0.2, 0.25) is 0 Å². The molecule has 5 heteroatoms. The zero-order chi connectivity index (χ0) is 10.7. The Kier molecular flexibility index (Phi) is 3.11. The second-order valence-electron chi connectivity index (χ2n) is 3.83. The smallest absolute Gasteiger partial charge is 0.266 e. The second kappa shape index (κ2) is 4.13. The molecule has 0 aliphatic heterocycles. The molecule has 4 N–H and O–H groups in total. The van der Waals surface area contributed by atoms with Crippen molar-refractivity contribution >= 4 is 5.84 Å². The first-order chi connectivity index (χ1) is 6.49. The fraction of sp³-hybridized carbons (Fsp3) is 0.556. The molecule has 1 rings (SSSR count). The van der Waals surface area contributed by atoms with Crippen LogP contribution in [0.15, 0.2) is 10.9 Å². The molecule has 0 aliphatic carbocycles. The highest BCUT2D eigenvalue weighted by molar-refractivity contribution is 5.78. The minimum Gasteiger partial charge on any atom is -0.387 e. The fourth-order valence-electron chi connectivity index (χ4n) is 1.28. The minimum absolute atomic E-state index is 0.0583. The largest absolute Gasteiger partial charge is 0.387 e. The molecule has 1 aromatic rings. The summed E-state index contributed by atoms with van der Waals surface area (Å²) >= 11 is 0. The standard InChI is InChI=1S/C9H16N4O/c1-6(2)5-13-9(14)4-7(12-13)3-8(10)11/h4,6,12H,3,5H2,1-2H3,(H3,10,11). The van der Waals surface area contributed by atoms with Crippen LogP contribution in [-0.2, 0) is 13.0 Å². The number of aromatic nitrogens is 2. The van der Waals surface area contributed by atoms with Gasteiger partial charge in [-0.3, -0.25) is 20.0 Å². The van der Waals surface area contributed by atoms with Crippen molar-refractivity contribution in [3.05, 3.63) is 22.1 Å². The molecule has 1 heterocycles. The maximum atomic E-state index is 11.4. The predicted octanol–water partition coefficient (Wildman–Crippen LogP) is 0.311. The molecule has 0 amide bonds. The summed E-state index contributed by atoms with van der Waals surface area (Å²) < 4.78 is 1.54. The fourth-order valence-corrected chi connectivity index (χ4v) is 1.28. The minimum atomic E-state index is -0.0602. The topological polar surface area (TPSA) is 87.7 Å². The zero-order valence-corrected chi connectivity index (χ0v) is 8.50. The molecule has 0 unspecified atom stereocenters. The molecule has 0 bridgehead atoms. The molecule has 0 atom stereocenters. The van der Waals surface area contributed by atoms with E-state index in [0.29, 0.717) is 24.6 Å². The van der Waals surface area contributed by atoms with E-state index < -0.39 is 0 Å². The van der Waals surface area contributed by atoms with Gasteiger partial charge in [0.1, 0.15) is 0 Å². The van der Waals surface area contributed by atoms with E-state index in [9.17, 15) is 4.79 Å². The molecule has 0 saturated heterocycles. The highest BCUT2D eigenvalue weighted by atomic mass is 16.1. The molecule has 1 aromatic heterocycles. The second-order valence-corrected chi connectivity index (χ2v) is 3.83. The lowest BCUT2D eigenvalue weighted by Gasteiger charge is -2.04. The number of aromatic amines is 1. The third-order valence-electron chi connectivity index (χ3n) is 1.77. The molecule has 78 valence electrons. The number of hydrogen-bond acceptors (Lipinski definition) is 2. The highest BCUT2D eigenvalue weighted by Crippen LogP contribution is 1.97. The van der Waals surface area contributed by atoms with Crippen LogP contribution in [0.1, 0.15) is 19.5 Å². The first-order valence-electron chi connectivity index (χ1n) is 4.60. The SMILES string of the molecule is CC(C)Cn1[nH]c(CC(=N)N)cc1=O. The van der Waals surface area contributed by atoms with Crippen LogP contribution in [0.25, 0.3) is 0 Å². The van der Waals surface area contributed by atoms with Gasteiger partial charge in [-0.05, 0) is 5.92 Å². The Morgan fingerprint density at radius 2 is 2.36 bits per heavy atom. The molecule has 0 radical (unpaired) electrons. The maximum absolute atomic E-state index is 11.4. The number of nitrogens with two attached hydrogens (primary N) is 1. The van der Waals surface area contributed by atoms with Crippen molar-refractivity contribution in [2.24, 2.45) is 11.7 Å². The Morgan fingerprint density at radius 3 is 2.86 bits per heavy atom. The van der Waals surface area contributed by atoms with Gasteiger partial charge in [-0.1, -0.05) is 13.8 Å². The zero-order valence-electron chi connectivity index (χ0n) is 8.50. The molecule has 5 nitrogen and oxygen atoms in total. The van der Waals surface area contributed by atoms with E-state index in [4.69, 9.17) is 11.1 Å². The maximum Gasteiger partial charge on any atom is 0.266 e. The predicted molar refractivity (Wildman–Crippen MR) is 55.5 cm³/mol. The molecular weight excluding hydrogens is 180 g/mol. The van der Waals surface area contributed by atoms with Gasteiger partial charge in [0.05, 0.1) is 5.84 Å². The Bertz CT molecular complexity index is 374. The third kappa shape index (κ3) is 2.76. The van der Waals surface area contributed by atoms with Crippen molar-refractivity contribution in [2.75, 3.05) is 0 Å². The van der Waals surface area contributed by atoms with E-state index in [1.165, 1.54) is 6.07 Å². The number of H-pyrrole nitrogens is 1. The molecule has 0 fully saturated rings. The van der Waals surface area contributed by atoms with Gasteiger partial charge in [0.2, 0.25) is 0 Å². The summed E-state index contributed by atoms with van der Waals surface area (Å²) in [4.78, 5) is 11.4. The monoisotopic (exact) mass is 196 g/mol. The Morgan fingerprint density at radius 1 is 1.71 bits per heavy atom. The molecule has 0 aromatic carbocycles. The van der Waals surface area contributed by atoms with Gasteiger partial charge < -0.3 is 5.73 Å². The number of hydrogen-bond donors (Lipinski definition) is 3. The summed E-state index contributed by atoms with van der Waals surface area (Å²) in [5.41, 5.74) is 5.87. The van der Waals surface area contributed by atoms with Gasteiger partial charge >= 0.3 is 0 Å².